The van der Waals surface area contributed by atoms with E-state index >= 15 is 0 Å². The second-order valence-corrected chi connectivity index (χ2v) is 6.53. The highest BCUT2D eigenvalue weighted by Gasteiger charge is 2.17. The van der Waals surface area contributed by atoms with E-state index in [9.17, 15) is 0 Å². The van der Waals surface area contributed by atoms with E-state index in [-0.39, 0.29) is 6.17 Å². The zero-order valence-corrected chi connectivity index (χ0v) is 13.4. The van der Waals surface area contributed by atoms with Crippen molar-refractivity contribution in [2.45, 2.75) is 44.2 Å². The molecule has 1 unspecified atom stereocenters. The van der Waals surface area contributed by atoms with Crippen LogP contribution in [0.3, 0.4) is 0 Å². The van der Waals surface area contributed by atoms with Crippen molar-refractivity contribution < 1.29 is 0 Å². The fourth-order valence-corrected chi connectivity index (χ4v) is 3.64. The molecule has 116 valence electrons. The molecule has 2 aromatic carbocycles. The van der Waals surface area contributed by atoms with Crippen molar-refractivity contribution in [1.29, 1.82) is 0 Å². The van der Waals surface area contributed by atoms with Gasteiger partial charge in [0.15, 0.2) is 6.17 Å². The molecule has 0 amide bonds. The average Bonchev–Trinajstić information content (AvgIpc) is 3.14. The summed E-state index contributed by atoms with van der Waals surface area (Å²) in [5, 5.41) is 0. The molecule has 0 bridgehead atoms. The third-order valence-corrected chi connectivity index (χ3v) is 4.98. The highest BCUT2D eigenvalue weighted by Crippen LogP contribution is 2.33. The van der Waals surface area contributed by atoms with Crippen molar-refractivity contribution in [2.24, 2.45) is 9.98 Å². The van der Waals surface area contributed by atoms with E-state index in [0.717, 1.165) is 17.2 Å². The lowest BCUT2D eigenvalue weighted by Crippen LogP contribution is -2.05. The quantitative estimate of drug-likeness (QED) is 0.734. The molecule has 1 fully saturated rings. The van der Waals surface area contributed by atoms with Crippen molar-refractivity contribution in [2.75, 3.05) is 0 Å². The molecule has 23 heavy (non-hydrogen) atoms. The summed E-state index contributed by atoms with van der Waals surface area (Å²) < 4.78 is 0. The zero-order valence-electron chi connectivity index (χ0n) is 13.4. The van der Waals surface area contributed by atoms with Gasteiger partial charge >= 0.3 is 0 Å². The van der Waals surface area contributed by atoms with Gasteiger partial charge in [-0.05, 0) is 29.9 Å². The van der Waals surface area contributed by atoms with Crippen molar-refractivity contribution in [3.8, 4) is 0 Å². The van der Waals surface area contributed by atoms with Crippen LogP contribution in [0.1, 0.15) is 60.9 Å². The third kappa shape index (κ3) is 3.12. The second kappa shape index (κ2) is 6.49. The number of rotatable bonds is 3. The van der Waals surface area contributed by atoms with E-state index in [1.165, 1.54) is 43.2 Å². The zero-order chi connectivity index (χ0) is 15.5. The standard InChI is InChI=1S/C21H22N2/c1-3-7-16(8-4-1)17-11-13-18(14-12-17)20-15-22-21(23-20)19-9-5-2-6-10-19/h2,5-6,9-16,21H,1,3-4,7-8H2. The molecule has 2 aromatic rings. The van der Waals surface area contributed by atoms with Gasteiger partial charge in [-0.2, -0.15) is 0 Å². The lowest BCUT2D eigenvalue weighted by Gasteiger charge is -2.22. The van der Waals surface area contributed by atoms with Gasteiger partial charge in [-0.3, -0.25) is 9.98 Å². The molecule has 0 spiro atoms. The Morgan fingerprint density at radius 3 is 2.22 bits per heavy atom. The molecule has 0 radical (unpaired) electrons. The first-order valence-electron chi connectivity index (χ1n) is 8.66. The predicted octanol–water partition coefficient (Wildman–Crippen LogP) is 5.31. The summed E-state index contributed by atoms with van der Waals surface area (Å²) in [6.07, 6.45) is 8.69. The minimum atomic E-state index is -0.0794. The van der Waals surface area contributed by atoms with Crippen LogP contribution in [0.15, 0.2) is 64.6 Å². The smallest absolute Gasteiger partial charge is 0.165 e. The lowest BCUT2D eigenvalue weighted by molar-refractivity contribution is 0.443. The Bertz CT molecular complexity index is 707. The molecular weight excluding hydrogens is 280 g/mol. The molecule has 1 aliphatic carbocycles. The maximum absolute atomic E-state index is 4.77. The molecule has 1 atom stereocenters. The normalized spacial score (nSPS) is 21.4. The van der Waals surface area contributed by atoms with Gasteiger partial charge in [0.25, 0.3) is 0 Å². The minimum Gasteiger partial charge on any atom is -0.260 e. The lowest BCUT2D eigenvalue weighted by atomic mass is 9.84. The number of benzene rings is 2. The van der Waals surface area contributed by atoms with E-state index in [0.29, 0.717) is 0 Å². The molecule has 2 nitrogen and oxygen atoms in total. The Morgan fingerprint density at radius 1 is 0.739 bits per heavy atom. The molecule has 2 aliphatic rings. The van der Waals surface area contributed by atoms with Gasteiger partial charge in [0.1, 0.15) is 0 Å². The summed E-state index contributed by atoms with van der Waals surface area (Å²) in [6, 6.07) is 19.3. The van der Waals surface area contributed by atoms with Crippen LogP contribution >= 0.6 is 0 Å². The second-order valence-electron chi connectivity index (χ2n) is 6.53. The van der Waals surface area contributed by atoms with Crippen molar-refractivity contribution in [1.82, 2.24) is 0 Å². The molecule has 4 rings (SSSR count). The first kappa shape index (κ1) is 14.4. The van der Waals surface area contributed by atoms with Crippen LogP contribution in [0.5, 0.6) is 0 Å². The van der Waals surface area contributed by atoms with Crippen LogP contribution < -0.4 is 0 Å². The van der Waals surface area contributed by atoms with E-state index in [2.05, 4.69) is 41.4 Å². The van der Waals surface area contributed by atoms with Gasteiger partial charge < -0.3 is 0 Å². The molecule has 0 N–H and O–H groups in total. The first-order chi connectivity index (χ1) is 11.4. The maximum Gasteiger partial charge on any atom is 0.165 e. The van der Waals surface area contributed by atoms with Gasteiger partial charge in [0.05, 0.1) is 11.9 Å². The van der Waals surface area contributed by atoms with Crippen LogP contribution in [0.25, 0.3) is 0 Å². The summed E-state index contributed by atoms with van der Waals surface area (Å²) in [5.41, 5.74) is 4.81. The summed E-state index contributed by atoms with van der Waals surface area (Å²) in [5.74, 6) is 0.758. The fraction of sp³-hybridized carbons (Fsp3) is 0.333. The number of hydrogen-bond acceptors (Lipinski definition) is 2. The first-order valence-corrected chi connectivity index (χ1v) is 8.66. The third-order valence-electron chi connectivity index (χ3n) is 4.98. The monoisotopic (exact) mass is 302 g/mol. The topological polar surface area (TPSA) is 24.7 Å². The van der Waals surface area contributed by atoms with E-state index in [4.69, 9.17) is 4.99 Å². The van der Waals surface area contributed by atoms with E-state index in [1.807, 2.05) is 24.4 Å². The van der Waals surface area contributed by atoms with Crippen LogP contribution in [-0.2, 0) is 0 Å². The van der Waals surface area contributed by atoms with E-state index in [1.54, 1.807) is 0 Å². The summed E-state index contributed by atoms with van der Waals surface area (Å²) >= 11 is 0. The molecule has 0 aromatic heterocycles. The van der Waals surface area contributed by atoms with Crippen LogP contribution in [0.2, 0.25) is 0 Å². The number of hydrogen-bond donors (Lipinski definition) is 0. The SMILES string of the molecule is C1=NC(c2ccccc2)N=C1c1ccc(C2CCCCC2)cc1. The Labute approximate surface area is 138 Å². The summed E-state index contributed by atoms with van der Waals surface area (Å²) in [4.78, 5) is 9.31. The number of nitrogens with zero attached hydrogens (tertiary/aromatic N) is 2. The van der Waals surface area contributed by atoms with Crippen molar-refractivity contribution >= 4 is 11.9 Å². The highest BCUT2D eigenvalue weighted by molar-refractivity contribution is 6.39. The summed E-state index contributed by atoms with van der Waals surface area (Å²) in [7, 11) is 0. The van der Waals surface area contributed by atoms with E-state index < -0.39 is 0 Å². The fourth-order valence-electron chi connectivity index (χ4n) is 3.64. The van der Waals surface area contributed by atoms with Crippen molar-refractivity contribution in [3.63, 3.8) is 0 Å². The van der Waals surface area contributed by atoms with Crippen LogP contribution in [0.4, 0.5) is 0 Å². The Morgan fingerprint density at radius 2 is 1.48 bits per heavy atom. The maximum atomic E-state index is 4.77. The minimum absolute atomic E-state index is 0.0794. The van der Waals surface area contributed by atoms with Gasteiger partial charge in [-0.15, -0.1) is 0 Å². The van der Waals surface area contributed by atoms with Gasteiger partial charge in [-0.25, -0.2) is 0 Å². The Hall–Kier alpha value is -2.22. The van der Waals surface area contributed by atoms with Gasteiger partial charge in [-0.1, -0.05) is 73.9 Å². The molecule has 1 heterocycles. The van der Waals surface area contributed by atoms with Gasteiger partial charge in [0.2, 0.25) is 0 Å². The van der Waals surface area contributed by atoms with Crippen LogP contribution in [-0.4, -0.2) is 11.9 Å². The highest BCUT2D eigenvalue weighted by atomic mass is 15.0. The molecule has 0 saturated heterocycles. The molecular formula is C21H22N2. The summed E-state index contributed by atoms with van der Waals surface area (Å²) in [6.45, 7) is 0. The van der Waals surface area contributed by atoms with Crippen LogP contribution in [0, 0.1) is 0 Å². The largest absolute Gasteiger partial charge is 0.260 e. The Balaban J connectivity index is 1.51. The molecule has 1 aliphatic heterocycles. The molecule has 1 saturated carbocycles. The Kier molecular flexibility index (Phi) is 4.06. The van der Waals surface area contributed by atoms with Gasteiger partial charge in [0, 0.05) is 5.56 Å². The van der Waals surface area contributed by atoms with Crippen molar-refractivity contribution in [3.05, 3.63) is 71.3 Å². The average molecular weight is 302 g/mol. The predicted molar refractivity (Wildman–Crippen MR) is 96.5 cm³/mol. The number of aliphatic imine (C=N–C) groups is 2. The molecule has 2 heteroatoms.